The highest BCUT2D eigenvalue weighted by atomic mass is 16.2. The smallest absolute Gasteiger partial charge is 0.321 e. The van der Waals surface area contributed by atoms with Gasteiger partial charge in [0.05, 0.1) is 18.6 Å². The van der Waals surface area contributed by atoms with Gasteiger partial charge in [-0.2, -0.15) is 0 Å². The van der Waals surface area contributed by atoms with Crippen molar-refractivity contribution in [3.8, 4) is 0 Å². The van der Waals surface area contributed by atoms with Crippen molar-refractivity contribution in [2.45, 2.75) is 13.5 Å². The van der Waals surface area contributed by atoms with Crippen LogP contribution in [0, 0.1) is 6.92 Å². The van der Waals surface area contributed by atoms with E-state index >= 15 is 0 Å². The topological polar surface area (TPSA) is 73.1 Å². The highest BCUT2D eigenvalue weighted by molar-refractivity contribution is 5.94. The van der Waals surface area contributed by atoms with E-state index in [0.29, 0.717) is 13.1 Å². The van der Waals surface area contributed by atoms with Gasteiger partial charge in [0.1, 0.15) is 0 Å². The summed E-state index contributed by atoms with van der Waals surface area (Å²) >= 11 is 0. The summed E-state index contributed by atoms with van der Waals surface area (Å²) in [5.41, 5.74) is 4.01. The van der Waals surface area contributed by atoms with Crippen LogP contribution < -0.4 is 15.5 Å². The number of nitrogens with zero attached hydrogens (tertiary/aromatic N) is 2. The number of aryl methyl sites for hydroxylation is 1. The fraction of sp³-hybridized carbons (Fsp3) is 0.286. The summed E-state index contributed by atoms with van der Waals surface area (Å²) in [6.45, 7) is 4.10. The molecule has 2 heterocycles. The highest BCUT2D eigenvalue weighted by Gasteiger charge is 2.20. The molecule has 1 aromatic heterocycles. The predicted molar refractivity (Wildman–Crippen MR) is 77.8 cm³/mol. The Labute approximate surface area is 117 Å². The molecule has 2 aromatic rings. The zero-order valence-corrected chi connectivity index (χ0v) is 11.3. The number of nitrogens with one attached hydrogen (secondary N) is 3. The number of amides is 2. The van der Waals surface area contributed by atoms with Crippen molar-refractivity contribution in [2.75, 3.05) is 23.3 Å². The Morgan fingerprint density at radius 1 is 1.35 bits per heavy atom. The van der Waals surface area contributed by atoms with Crippen molar-refractivity contribution in [3.05, 3.63) is 42.0 Å². The number of rotatable bonds is 4. The van der Waals surface area contributed by atoms with Gasteiger partial charge in [0.25, 0.3) is 0 Å². The molecule has 0 atom stereocenters. The lowest BCUT2D eigenvalue weighted by molar-refractivity contribution is 0.252. The first-order valence-corrected chi connectivity index (χ1v) is 6.62. The lowest BCUT2D eigenvalue weighted by atomic mass is 10.2. The molecule has 6 nitrogen and oxygen atoms in total. The summed E-state index contributed by atoms with van der Waals surface area (Å²) in [5.74, 6) is 0. The molecule has 1 fully saturated rings. The van der Waals surface area contributed by atoms with Gasteiger partial charge in [0, 0.05) is 30.2 Å². The minimum absolute atomic E-state index is 0.0298. The molecular formula is C14H17N5O. The van der Waals surface area contributed by atoms with Gasteiger partial charge in [-0.1, -0.05) is 0 Å². The third-order valence-electron chi connectivity index (χ3n) is 3.43. The van der Waals surface area contributed by atoms with Gasteiger partial charge in [-0.15, -0.1) is 0 Å². The molecule has 0 spiro atoms. The van der Waals surface area contributed by atoms with Crippen molar-refractivity contribution in [3.63, 3.8) is 0 Å². The van der Waals surface area contributed by atoms with E-state index in [9.17, 15) is 4.79 Å². The van der Waals surface area contributed by atoms with Crippen molar-refractivity contribution >= 4 is 17.4 Å². The molecule has 6 heteroatoms. The van der Waals surface area contributed by atoms with Gasteiger partial charge in [-0.25, -0.2) is 9.78 Å². The molecule has 0 saturated carbocycles. The van der Waals surface area contributed by atoms with Gasteiger partial charge in [0.15, 0.2) is 0 Å². The lowest BCUT2D eigenvalue weighted by Gasteiger charge is -2.14. The zero-order valence-electron chi connectivity index (χ0n) is 11.3. The van der Waals surface area contributed by atoms with Crippen LogP contribution in [0.5, 0.6) is 0 Å². The van der Waals surface area contributed by atoms with Gasteiger partial charge in [0.2, 0.25) is 0 Å². The SMILES string of the molecule is Cc1[nH]cnc1CNc1ccc(N2CCNC2=O)cc1. The van der Waals surface area contributed by atoms with Gasteiger partial charge >= 0.3 is 6.03 Å². The third kappa shape index (κ3) is 2.45. The number of imidazole rings is 1. The first kappa shape index (κ1) is 12.5. The quantitative estimate of drug-likeness (QED) is 0.794. The van der Waals surface area contributed by atoms with Crippen LogP contribution in [-0.4, -0.2) is 29.1 Å². The van der Waals surface area contributed by atoms with E-state index < -0.39 is 0 Å². The van der Waals surface area contributed by atoms with Crippen LogP contribution >= 0.6 is 0 Å². The first-order chi connectivity index (χ1) is 9.74. The number of hydrogen-bond donors (Lipinski definition) is 3. The number of hydrogen-bond acceptors (Lipinski definition) is 3. The van der Waals surface area contributed by atoms with Crippen molar-refractivity contribution in [1.29, 1.82) is 0 Å². The fourth-order valence-corrected chi connectivity index (χ4v) is 2.23. The number of aromatic amines is 1. The molecule has 0 aliphatic carbocycles. The van der Waals surface area contributed by atoms with Crippen molar-refractivity contribution < 1.29 is 4.79 Å². The monoisotopic (exact) mass is 271 g/mol. The second kappa shape index (κ2) is 5.24. The number of urea groups is 1. The van der Waals surface area contributed by atoms with Crippen LogP contribution in [0.2, 0.25) is 0 Å². The summed E-state index contributed by atoms with van der Waals surface area (Å²) in [7, 11) is 0. The van der Waals surface area contributed by atoms with E-state index in [4.69, 9.17) is 0 Å². The Kier molecular flexibility index (Phi) is 3.28. The van der Waals surface area contributed by atoms with Crippen LogP contribution in [0.1, 0.15) is 11.4 Å². The van der Waals surface area contributed by atoms with Crippen LogP contribution in [0.25, 0.3) is 0 Å². The molecule has 3 rings (SSSR count). The maximum atomic E-state index is 11.6. The minimum Gasteiger partial charge on any atom is -0.379 e. The van der Waals surface area contributed by atoms with E-state index in [1.165, 1.54) is 0 Å². The number of anilines is 2. The maximum absolute atomic E-state index is 11.6. The standard InChI is InChI=1S/C14H17N5O/c1-10-13(18-9-17-10)8-16-11-2-4-12(5-3-11)19-7-6-15-14(19)20/h2-5,9,16H,6-8H2,1H3,(H,15,20)(H,17,18). The largest absolute Gasteiger partial charge is 0.379 e. The Bertz CT molecular complexity index is 604. The van der Waals surface area contributed by atoms with E-state index in [1.54, 1.807) is 11.2 Å². The van der Waals surface area contributed by atoms with Gasteiger partial charge < -0.3 is 15.6 Å². The molecule has 1 aliphatic rings. The minimum atomic E-state index is -0.0298. The molecule has 104 valence electrons. The number of aromatic nitrogens is 2. The predicted octanol–water partition coefficient (Wildman–Crippen LogP) is 1.86. The molecule has 1 saturated heterocycles. The highest BCUT2D eigenvalue weighted by Crippen LogP contribution is 2.19. The van der Waals surface area contributed by atoms with Crippen LogP contribution in [0.15, 0.2) is 30.6 Å². The zero-order chi connectivity index (χ0) is 13.9. The second-order valence-corrected chi connectivity index (χ2v) is 4.76. The number of H-pyrrole nitrogens is 1. The van der Waals surface area contributed by atoms with Gasteiger partial charge in [-0.3, -0.25) is 4.90 Å². The number of carbonyl (C=O) groups is 1. The fourth-order valence-electron chi connectivity index (χ4n) is 2.23. The van der Waals surface area contributed by atoms with E-state index in [-0.39, 0.29) is 6.03 Å². The number of benzene rings is 1. The molecule has 1 aromatic carbocycles. The molecule has 0 unspecified atom stereocenters. The van der Waals surface area contributed by atoms with Crippen molar-refractivity contribution in [2.24, 2.45) is 0 Å². The molecule has 3 N–H and O–H groups in total. The normalized spacial score (nSPS) is 14.4. The van der Waals surface area contributed by atoms with Crippen molar-refractivity contribution in [1.82, 2.24) is 15.3 Å². The van der Waals surface area contributed by atoms with Crippen LogP contribution in [0.4, 0.5) is 16.2 Å². The summed E-state index contributed by atoms with van der Waals surface area (Å²) in [6.07, 6.45) is 1.70. The average molecular weight is 271 g/mol. The molecule has 20 heavy (non-hydrogen) atoms. The Balaban J connectivity index is 1.64. The summed E-state index contributed by atoms with van der Waals surface area (Å²) in [4.78, 5) is 20.6. The second-order valence-electron chi connectivity index (χ2n) is 4.76. The van der Waals surface area contributed by atoms with E-state index in [1.807, 2.05) is 31.2 Å². The third-order valence-corrected chi connectivity index (χ3v) is 3.43. The Morgan fingerprint density at radius 3 is 2.75 bits per heavy atom. The molecule has 1 aliphatic heterocycles. The Hall–Kier alpha value is -2.50. The van der Waals surface area contributed by atoms with E-state index in [0.717, 1.165) is 29.3 Å². The lowest BCUT2D eigenvalue weighted by Crippen LogP contribution is -2.27. The van der Waals surface area contributed by atoms with E-state index in [2.05, 4.69) is 20.6 Å². The summed E-state index contributed by atoms with van der Waals surface area (Å²) in [6, 6.07) is 7.82. The van der Waals surface area contributed by atoms with Crippen LogP contribution in [-0.2, 0) is 6.54 Å². The average Bonchev–Trinajstić information content (AvgIpc) is 3.06. The maximum Gasteiger partial charge on any atom is 0.321 e. The Morgan fingerprint density at radius 2 is 2.15 bits per heavy atom. The van der Waals surface area contributed by atoms with Gasteiger partial charge in [-0.05, 0) is 31.2 Å². The van der Waals surface area contributed by atoms with Crippen LogP contribution in [0.3, 0.4) is 0 Å². The summed E-state index contributed by atoms with van der Waals surface area (Å²) < 4.78 is 0. The molecule has 0 radical (unpaired) electrons. The first-order valence-electron chi connectivity index (χ1n) is 6.62. The summed E-state index contributed by atoms with van der Waals surface area (Å²) in [5, 5.41) is 6.11. The molecular weight excluding hydrogens is 254 g/mol. The molecule has 0 bridgehead atoms. The molecule has 2 amide bonds. The number of carbonyl (C=O) groups excluding carboxylic acids is 1.